The van der Waals surface area contributed by atoms with Gasteiger partial charge in [-0.05, 0) is 43.5 Å². The van der Waals surface area contributed by atoms with Crippen LogP contribution < -0.4 is 10.6 Å². The van der Waals surface area contributed by atoms with Crippen molar-refractivity contribution >= 4 is 17.5 Å². The molecule has 2 heterocycles. The number of hydrogen-bond acceptors (Lipinski definition) is 2. The van der Waals surface area contributed by atoms with Gasteiger partial charge in [-0.25, -0.2) is 9.18 Å². The fourth-order valence-electron chi connectivity index (χ4n) is 3.16. The highest BCUT2D eigenvalue weighted by Crippen LogP contribution is 2.24. The lowest BCUT2D eigenvalue weighted by molar-refractivity contribution is -0.127. The Bertz CT molecular complexity index is 737. The molecule has 1 aromatic rings. The van der Waals surface area contributed by atoms with Crippen LogP contribution in [0.2, 0.25) is 0 Å². The van der Waals surface area contributed by atoms with Gasteiger partial charge in [0.1, 0.15) is 5.82 Å². The summed E-state index contributed by atoms with van der Waals surface area (Å²) in [5.41, 5.74) is 3.30. The maximum Gasteiger partial charge on any atom is 0.319 e. The van der Waals surface area contributed by atoms with Gasteiger partial charge in [0.15, 0.2) is 0 Å². The van der Waals surface area contributed by atoms with Gasteiger partial charge in [0, 0.05) is 18.8 Å². The van der Waals surface area contributed by atoms with E-state index in [1.54, 1.807) is 30.9 Å². The molecule has 0 bridgehead atoms. The lowest BCUT2D eigenvalue weighted by Gasteiger charge is -2.32. The zero-order valence-corrected chi connectivity index (χ0v) is 13.7. The second-order valence-electron chi connectivity index (χ2n) is 6.10. The van der Waals surface area contributed by atoms with Crippen molar-refractivity contribution < 1.29 is 14.0 Å². The highest BCUT2D eigenvalue weighted by atomic mass is 19.1. The molecule has 1 atom stereocenters. The number of amides is 3. The molecule has 5 nitrogen and oxygen atoms in total. The number of carbonyl (C=O) groups is 2. The summed E-state index contributed by atoms with van der Waals surface area (Å²) in [5, 5.41) is 5.36. The molecular formula is C18H20FN3O2. The Morgan fingerprint density at radius 1 is 1.29 bits per heavy atom. The smallest absolute Gasteiger partial charge is 0.319 e. The van der Waals surface area contributed by atoms with Crippen molar-refractivity contribution in [2.75, 3.05) is 13.1 Å². The molecule has 0 aliphatic carbocycles. The summed E-state index contributed by atoms with van der Waals surface area (Å²) in [7, 11) is 0. The third-order valence-corrected chi connectivity index (χ3v) is 4.43. The van der Waals surface area contributed by atoms with E-state index >= 15 is 0 Å². The van der Waals surface area contributed by atoms with E-state index in [0.717, 1.165) is 17.6 Å². The first kappa shape index (κ1) is 16.2. The standard InChI is InChI=1S/C18H20FN3O2/c1-11-16(12(2)21-18(24)20-11)17(23)22-9-7-14(8-10-22)13-3-5-15(19)6-4-13/h3-7,11H,8-10H2,1-2H3,(H2,20,21,24)/t11-/m1/s1. The van der Waals surface area contributed by atoms with Crippen LogP contribution in [-0.4, -0.2) is 36.0 Å². The van der Waals surface area contributed by atoms with Crippen LogP contribution in [0, 0.1) is 5.82 Å². The Kier molecular flexibility index (Phi) is 4.38. The van der Waals surface area contributed by atoms with Crippen LogP contribution in [0.15, 0.2) is 41.6 Å². The van der Waals surface area contributed by atoms with E-state index in [0.29, 0.717) is 24.4 Å². The fraction of sp³-hybridized carbons (Fsp3) is 0.333. The Morgan fingerprint density at radius 3 is 2.58 bits per heavy atom. The first-order chi connectivity index (χ1) is 11.5. The van der Waals surface area contributed by atoms with Crippen LogP contribution in [0.3, 0.4) is 0 Å². The quantitative estimate of drug-likeness (QED) is 0.875. The Hall–Kier alpha value is -2.63. The van der Waals surface area contributed by atoms with E-state index < -0.39 is 0 Å². The van der Waals surface area contributed by atoms with Gasteiger partial charge in [0.05, 0.1) is 11.6 Å². The highest BCUT2D eigenvalue weighted by molar-refractivity contribution is 5.98. The molecular weight excluding hydrogens is 309 g/mol. The van der Waals surface area contributed by atoms with Crippen molar-refractivity contribution in [1.82, 2.24) is 15.5 Å². The normalized spacial score (nSPS) is 21.1. The summed E-state index contributed by atoms with van der Waals surface area (Å²) >= 11 is 0. The number of rotatable bonds is 2. The second-order valence-corrected chi connectivity index (χ2v) is 6.10. The molecule has 0 fully saturated rings. The number of carbonyl (C=O) groups excluding carboxylic acids is 2. The first-order valence-electron chi connectivity index (χ1n) is 7.98. The molecule has 2 aliphatic rings. The molecule has 0 unspecified atom stereocenters. The average Bonchev–Trinajstić information content (AvgIpc) is 2.54. The molecule has 0 radical (unpaired) electrons. The monoisotopic (exact) mass is 329 g/mol. The maximum atomic E-state index is 13.0. The SMILES string of the molecule is CC1=C(C(=O)N2CC=C(c3ccc(F)cc3)CC2)[C@@H](C)NC(=O)N1. The van der Waals surface area contributed by atoms with Crippen molar-refractivity contribution in [3.63, 3.8) is 0 Å². The average molecular weight is 329 g/mol. The van der Waals surface area contributed by atoms with E-state index in [4.69, 9.17) is 0 Å². The zero-order chi connectivity index (χ0) is 17.3. The van der Waals surface area contributed by atoms with Gasteiger partial charge >= 0.3 is 6.03 Å². The number of benzene rings is 1. The van der Waals surface area contributed by atoms with Gasteiger partial charge in [0.25, 0.3) is 5.91 Å². The molecule has 0 aromatic heterocycles. The van der Waals surface area contributed by atoms with E-state index in [1.165, 1.54) is 12.1 Å². The minimum atomic E-state index is -0.311. The van der Waals surface area contributed by atoms with Gasteiger partial charge in [-0.1, -0.05) is 18.2 Å². The van der Waals surface area contributed by atoms with E-state index in [1.807, 2.05) is 6.08 Å². The van der Waals surface area contributed by atoms with Crippen LogP contribution in [0.5, 0.6) is 0 Å². The molecule has 3 amide bonds. The summed E-state index contributed by atoms with van der Waals surface area (Å²) in [6, 6.07) is 5.81. The number of halogens is 1. The van der Waals surface area contributed by atoms with Crippen molar-refractivity contribution in [2.24, 2.45) is 0 Å². The van der Waals surface area contributed by atoms with Gasteiger partial charge < -0.3 is 15.5 Å². The van der Waals surface area contributed by atoms with Crippen molar-refractivity contribution in [3.8, 4) is 0 Å². The Morgan fingerprint density at radius 2 is 2.00 bits per heavy atom. The summed E-state index contributed by atoms with van der Waals surface area (Å²) in [5.74, 6) is -0.322. The van der Waals surface area contributed by atoms with Gasteiger partial charge in [-0.2, -0.15) is 0 Å². The number of hydrogen-bond donors (Lipinski definition) is 2. The van der Waals surface area contributed by atoms with Crippen LogP contribution in [0.1, 0.15) is 25.8 Å². The van der Waals surface area contributed by atoms with E-state index in [9.17, 15) is 14.0 Å². The summed E-state index contributed by atoms with van der Waals surface area (Å²) in [6.45, 7) is 4.65. The molecule has 2 aliphatic heterocycles. The minimum absolute atomic E-state index is 0.0677. The molecule has 24 heavy (non-hydrogen) atoms. The molecule has 0 spiro atoms. The van der Waals surface area contributed by atoms with Gasteiger partial charge in [-0.15, -0.1) is 0 Å². The third-order valence-electron chi connectivity index (χ3n) is 4.43. The molecule has 0 saturated heterocycles. The highest BCUT2D eigenvalue weighted by Gasteiger charge is 2.30. The van der Waals surface area contributed by atoms with Crippen LogP contribution >= 0.6 is 0 Å². The number of urea groups is 1. The Balaban J connectivity index is 1.74. The predicted octanol–water partition coefficient (Wildman–Crippen LogP) is 2.42. The summed E-state index contributed by atoms with van der Waals surface area (Å²) < 4.78 is 13.0. The molecule has 1 aromatic carbocycles. The molecule has 6 heteroatoms. The summed E-state index contributed by atoms with van der Waals surface area (Å²) in [6.07, 6.45) is 2.72. The molecule has 0 saturated carbocycles. The number of nitrogens with zero attached hydrogens (tertiary/aromatic N) is 1. The Labute approximate surface area is 140 Å². The van der Waals surface area contributed by atoms with Crippen LogP contribution in [0.4, 0.5) is 9.18 Å². The molecule has 126 valence electrons. The fourth-order valence-corrected chi connectivity index (χ4v) is 3.16. The topological polar surface area (TPSA) is 61.4 Å². The largest absolute Gasteiger partial charge is 0.335 e. The van der Waals surface area contributed by atoms with E-state index in [2.05, 4.69) is 10.6 Å². The predicted molar refractivity (Wildman–Crippen MR) is 89.4 cm³/mol. The van der Waals surface area contributed by atoms with E-state index in [-0.39, 0.29) is 23.8 Å². The minimum Gasteiger partial charge on any atom is -0.335 e. The van der Waals surface area contributed by atoms with Crippen molar-refractivity contribution in [2.45, 2.75) is 26.3 Å². The lowest BCUT2D eigenvalue weighted by atomic mass is 9.97. The zero-order valence-electron chi connectivity index (χ0n) is 13.7. The lowest BCUT2D eigenvalue weighted by Crippen LogP contribution is -2.51. The molecule has 3 rings (SSSR count). The summed E-state index contributed by atoms with van der Waals surface area (Å²) in [4.78, 5) is 26.0. The van der Waals surface area contributed by atoms with Gasteiger partial charge in [0.2, 0.25) is 0 Å². The molecule has 2 N–H and O–H groups in total. The van der Waals surface area contributed by atoms with Crippen LogP contribution in [-0.2, 0) is 4.79 Å². The third kappa shape index (κ3) is 3.18. The first-order valence-corrected chi connectivity index (χ1v) is 7.98. The number of nitrogens with one attached hydrogen (secondary N) is 2. The van der Waals surface area contributed by atoms with Crippen LogP contribution in [0.25, 0.3) is 5.57 Å². The van der Waals surface area contributed by atoms with Crippen molar-refractivity contribution in [3.05, 3.63) is 53.0 Å². The maximum absolute atomic E-state index is 13.0. The van der Waals surface area contributed by atoms with Gasteiger partial charge in [-0.3, -0.25) is 4.79 Å². The second kappa shape index (κ2) is 6.47. The van der Waals surface area contributed by atoms with Crippen molar-refractivity contribution in [1.29, 1.82) is 0 Å². The number of allylic oxidation sites excluding steroid dienone is 1.